The summed E-state index contributed by atoms with van der Waals surface area (Å²) in [4.78, 5) is 0. The fourth-order valence-electron chi connectivity index (χ4n) is 2.13. The fraction of sp³-hybridized carbons (Fsp3) is 1.00. The summed E-state index contributed by atoms with van der Waals surface area (Å²) in [5.74, 6) is 1.36. The van der Waals surface area contributed by atoms with Gasteiger partial charge in [-0.3, -0.25) is 0 Å². The van der Waals surface area contributed by atoms with Crippen LogP contribution in [0.1, 0.15) is 39.0 Å². The van der Waals surface area contributed by atoms with Gasteiger partial charge >= 0.3 is 0 Å². The molecule has 0 bridgehead atoms. The van der Waals surface area contributed by atoms with Crippen molar-refractivity contribution < 1.29 is 8.42 Å². The van der Waals surface area contributed by atoms with Crippen molar-refractivity contribution >= 4 is 21.6 Å². The van der Waals surface area contributed by atoms with Crippen LogP contribution in [0.4, 0.5) is 0 Å². The molecule has 90 valence electrons. The van der Waals surface area contributed by atoms with Gasteiger partial charge in [-0.15, -0.1) is 11.6 Å². The molecule has 1 aliphatic carbocycles. The molecular formula is C10H20ClNO2S. The van der Waals surface area contributed by atoms with Crippen molar-refractivity contribution in [3.8, 4) is 0 Å². The van der Waals surface area contributed by atoms with Crippen LogP contribution in [0.15, 0.2) is 0 Å². The van der Waals surface area contributed by atoms with Crippen molar-refractivity contribution in [2.75, 3.05) is 11.8 Å². The third kappa shape index (κ3) is 4.70. The monoisotopic (exact) mass is 253 g/mol. The van der Waals surface area contributed by atoms with Gasteiger partial charge < -0.3 is 0 Å². The highest BCUT2D eigenvalue weighted by Crippen LogP contribution is 2.30. The van der Waals surface area contributed by atoms with E-state index in [9.17, 15) is 8.42 Å². The Balaban J connectivity index is 2.25. The maximum Gasteiger partial charge on any atom is 0.225 e. The van der Waals surface area contributed by atoms with E-state index < -0.39 is 10.0 Å². The summed E-state index contributed by atoms with van der Waals surface area (Å²) in [6.45, 7) is 2.78. The first kappa shape index (κ1) is 13.3. The van der Waals surface area contributed by atoms with Gasteiger partial charge in [0.15, 0.2) is 0 Å². The van der Waals surface area contributed by atoms with E-state index in [2.05, 4.69) is 11.6 Å². The van der Waals surface area contributed by atoms with Crippen LogP contribution in [0.3, 0.4) is 0 Å². The second kappa shape index (κ2) is 6.06. The molecule has 0 aliphatic heterocycles. The van der Waals surface area contributed by atoms with Gasteiger partial charge in [-0.2, -0.15) is 0 Å². The number of nitrogens with one attached hydrogen (secondary N) is 1. The third-order valence-corrected chi connectivity index (χ3v) is 5.03. The molecule has 0 aromatic heterocycles. The molecule has 0 aromatic carbocycles. The van der Waals surface area contributed by atoms with Crippen LogP contribution in [-0.2, 0) is 10.0 Å². The van der Waals surface area contributed by atoms with Gasteiger partial charge in [-0.1, -0.05) is 26.2 Å². The lowest BCUT2D eigenvalue weighted by Gasteiger charge is -2.27. The number of alkyl halides is 1. The third-order valence-electron chi connectivity index (χ3n) is 3.28. The van der Waals surface area contributed by atoms with Crippen molar-refractivity contribution in [1.82, 2.24) is 4.72 Å². The lowest BCUT2D eigenvalue weighted by Crippen LogP contribution is -2.31. The van der Waals surface area contributed by atoms with Crippen molar-refractivity contribution in [3.63, 3.8) is 0 Å². The molecule has 15 heavy (non-hydrogen) atoms. The largest absolute Gasteiger partial charge is 0.225 e. The molecule has 0 spiro atoms. The highest BCUT2D eigenvalue weighted by Gasteiger charge is 2.21. The predicted octanol–water partition coefficient (Wildman–Crippen LogP) is 2.32. The van der Waals surface area contributed by atoms with Gasteiger partial charge in [0.2, 0.25) is 10.0 Å². The molecule has 1 fully saturated rings. The summed E-state index contributed by atoms with van der Waals surface area (Å²) in [6.07, 6.45) is 6.01. The highest BCUT2D eigenvalue weighted by molar-refractivity contribution is 7.90. The second-order valence-corrected chi connectivity index (χ2v) is 6.76. The molecule has 0 radical (unpaired) electrons. The molecule has 0 unspecified atom stereocenters. The minimum absolute atomic E-state index is 0.336. The van der Waals surface area contributed by atoms with Crippen molar-refractivity contribution in [2.24, 2.45) is 11.8 Å². The van der Waals surface area contributed by atoms with Crippen LogP contribution in [0, 0.1) is 11.8 Å². The lowest BCUT2D eigenvalue weighted by molar-refractivity contribution is 0.270. The maximum absolute atomic E-state index is 11.1. The lowest BCUT2D eigenvalue weighted by atomic mass is 9.81. The van der Waals surface area contributed by atoms with E-state index >= 15 is 0 Å². The van der Waals surface area contributed by atoms with Gasteiger partial charge in [0, 0.05) is 6.54 Å². The van der Waals surface area contributed by atoms with E-state index in [-0.39, 0.29) is 5.21 Å². The zero-order valence-electron chi connectivity index (χ0n) is 9.21. The average Bonchev–Trinajstić information content (AvgIpc) is 2.27. The predicted molar refractivity (Wildman–Crippen MR) is 63.4 cm³/mol. The number of hydrogen-bond donors (Lipinski definition) is 1. The number of halogens is 1. The summed E-state index contributed by atoms with van der Waals surface area (Å²) >= 11 is 5.31. The first-order chi connectivity index (χ1) is 7.07. The molecule has 1 N–H and O–H groups in total. The first-order valence-corrected chi connectivity index (χ1v) is 7.79. The van der Waals surface area contributed by atoms with Crippen molar-refractivity contribution in [2.45, 2.75) is 39.0 Å². The molecule has 0 aromatic rings. The maximum atomic E-state index is 11.1. The van der Waals surface area contributed by atoms with Gasteiger partial charge in [0.1, 0.15) is 5.21 Å². The molecule has 0 amide bonds. The summed E-state index contributed by atoms with van der Waals surface area (Å²) in [7, 11) is -3.22. The Bertz CT molecular complexity index is 271. The Hall–Kier alpha value is 0.200. The Morgan fingerprint density at radius 1 is 1.20 bits per heavy atom. The smallest absolute Gasteiger partial charge is 0.214 e. The molecule has 3 nitrogen and oxygen atoms in total. The zero-order valence-corrected chi connectivity index (χ0v) is 10.8. The number of rotatable bonds is 5. The molecule has 1 aliphatic rings. The van der Waals surface area contributed by atoms with E-state index in [0.717, 1.165) is 18.8 Å². The quantitative estimate of drug-likeness (QED) is 0.765. The molecule has 0 heterocycles. The molecule has 0 atom stereocenters. The van der Waals surface area contributed by atoms with Gasteiger partial charge in [0.05, 0.1) is 0 Å². The van der Waals surface area contributed by atoms with E-state index in [1.807, 2.05) is 0 Å². The molecule has 1 saturated carbocycles. The highest BCUT2D eigenvalue weighted by atomic mass is 35.5. The molecule has 1 rings (SSSR count). The van der Waals surface area contributed by atoms with Crippen LogP contribution in [0.5, 0.6) is 0 Å². The Morgan fingerprint density at radius 3 is 2.20 bits per heavy atom. The van der Waals surface area contributed by atoms with Crippen LogP contribution in [0.25, 0.3) is 0 Å². The minimum Gasteiger partial charge on any atom is -0.214 e. The van der Waals surface area contributed by atoms with E-state index in [1.165, 1.54) is 19.3 Å². The van der Waals surface area contributed by atoms with Crippen LogP contribution in [0.2, 0.25) is 0 Å². The first-order valence-electron chi connectivity index (χ1n) is 5.60. The zero-order chi connectivity index (χ0) is 11.3. The molecular weight excluding hydrogens is 234 g/mol. The van der Waals surface area contributed by atoms with E-state index in [4.69, 9.17) is 11.6 Å². The Kier molecular flexibility index (Phi) is 5.36. The van der Waals surface area contributed by atoms with Crippen LogP contribution in [-0.4, -0.2) is 20.2 Å². The Labute approximate surface area is 97.6 Å². The average molecular weight is 254 g/mol. The number of hydrogen-bond acceptors (Lipinski definition) is 2. The normalized spacial score (nSPS) is 27.9. The summed E-state index contributed by atoms with van der Waals surface area (Å²) in [6, 6.07) is 0. The number of sulfonamides is 1. The Morgan fingerprint density at radius 2 is 1.73 bits per heavy atom. The summed E-state index contributed by atoms with van der Waals surface area (Å²) in [5, 5.41) is -0.336. The van der Waals surface area contributed by atoms with Crippen molar-refractivity contribution in [1.29, 1.82) is 0 Å². The van der Waals surface area contributed by atoms with Crippen molar-refractivity contribution in [3.05, 3.63) is 0 Å². The van der Waals surface area contributed by atoms with Crippen LogP contribution >= 0.6 is 11.6 Å². The van der Waals surface area contributed by atoms with Crippen LogP contribution < -0.4 is 4.72 Å². The minimum atomic E-state index is -3.22. The molecule has 0 saturated heterocycles. The van der Waals surface area contributed by atoms with E-state index in [0.29, 0.717) is 12.5 Å². The fourth-order valence-corrected chi connectivity index (χ4v) is 2.93. The topological polar surface area (TPSA) is 46.2 Å². The molecule has 5 heteroatoms. The SMILES string of the molecule is CCC1CCC(CNS(=O)(=O)CCl)CC1. The van der Waals surface area contributed by atoms with E-state index in [1.54, 1.807) is 0 Å². The summed E-state index contributed by atoms with van der Waals surface area (Å²) in [5.41, 5.74) is 0. The summed E-state index contributed by atoms with van der Waals surface area (Å²) < 4.78 is 24.8. The standard InChI is InChI=1S/C10H20ClNO2S/c1-2-9-3-5-10(6-4-9)7-12-15(13,14)8-11/h9-10,12H,2-8H2,1H3. The van der Waals surface area contributed by atoms with Gasteiger partial charge in [-0.25, -0.2) is 13.1 Å². The van der Waals surface area contributed by atoms with Gasteiger partial charge in [0.25, 0.3) is 0 Å². The second-order valence-electron chi connectivity index (χ2n) is 4.37. The van der Waals surface area contributed by atoms with Gasteiger partial charge in [-0.05, 0) is 24.7 Å².